The van der Waals surface area contributed by atoms with E-state index in [0.29, 0.717) is 0 Å². The Hall–Kier alpha value is -2.08. The topological polar surface area (TPSA) is 149 Å². The molecule has 10 nitrogen and oxygen atoms in total. The molecular weight excluding hydrogens is 361 g/mol. The van der Waals surface area contributed by atoms with E-state index in [0.717, 1.165) is 25.7 Å². The van der Waals surface area contributed by atoms with Gasteiger partial charge in [0, 0.05) is 0 Å². The molecule has 2 aliphatic rings. The van der Waals surface area contributed by atoms with Crippen molar-refractivity contribution in [2.24, 2.45) is 0 Å². The van der Waals surface area contributed by atoms with Crippen LogP contribution in [0.3, 0.4) is 0 Å². The Balaban J connectivity index is 1.78. The smallest absolute Gasteiger partial charge is 0.320 e. The monoisotopic (exact) mass is 383 g/mol. The lowest BCUT2D eigenvalue weighted by atomic mass is 10.0. The minimum Gasteiger partial charge on any atom is -0.460 e. The molecule has 1 saturated heterocycles. The van der Waals surface area contributed by atoms with E-state index in [1.54, 1.807) is 0 Å². The molecule has 5 N–H and O–H groups in total. The molecule has 0 radical (unpaired) electrons. The third kappa shape index (κ3) is 2.81. The molecule has 3 heterocycles. The second kappa shape index (κ2) is 6.82. The van der Waals surface area contributed by atoms with E-state index < -0.39 is 37.3 Å². The van der Waals surface area contributed by atoms with E-state index in [4.69, 9.17) is 15.2 Å². The number of nitrogens with zero attached hydrogens (tertiary/aromatic N) is 4. The van der Waals surface area contributed by atoms with Crippen LogP contribution in [-0.4, -0.2) is 72.5 Å². The summed E-state index contributed by atoms with van der Waals surface area (Å²) in [4.78, 5) is 12.5. The minimum atomic E-state index is -1.85. The Morgan fingerprint density at radius 3 is 2.70 bits per heavy atom. The second-order valence-electron chi connectivity index (χ2n) is 6.95. The third-order valence-corrected chi connectivity index (χ3v) is 5.29. The first-order valence-electron chi connectivity index (χ1n) is 8.88. The van der Waals surface area contributed by atoms with Gasteiger partial charge in [0.25, 0.3) is 0 Å². The first kappa shape index (κ1) is 18.3. The molecule has 4 rings (SSSR count). The highest BCUT2D eigenvalue weighted by atomic mass is 19.1. The number of aliphatic hydroxyl groups is 3. The van der Waals surface area contributed by atoms with Crippen LogP contribution in [0.5, 0.6) is 6.01 Å². The second-order valence-corrected chi connectivity index (χ2v) is 6.95. The Morgan fingerprint density at radius 2 is 2.07 bits per heavy atom. The predicted octanol–water partition coefficient (Wildman–Crippen LogP) is -0.535. The maximum Gasteiger partial charge on any atom is 0.320 e. The van der Waals surface area contributed by atoms with E-state index in [-0.39, 0.29) is 29.1 Å². The molecule has 2 aromatic heterocycles. The normalized spacial score (nSPS) is 31.8. The van der Waals surface area contributed by atoms with Crippen LogP contribution >= 0.6 is 0 Å². The van der Waals surface area contributed by atoms with E-state index in [1.807, 2.05) is 0 Å². The van der Waals surface area contributed by atoms with Crippen molar-refractivity contribution in [3.63, 3.8) is 0 Å². The van der Waals surface area contributed by atoms with Gasteiger partial charge < -0.3 is 30.5 Å². The number of ether oxygens (including phenoxy) is 2. The van der Waals surface area contributed by atoms with Crippen molar-refractivity contribution >= 4 is 17.0 Å². The van der Waals surface area contributed by atoms with E-state index in [9.17, 15) is 19.7 Å². The molecule has 2 fully saturated rings. The number of aromatic nitrogens is 4. The molecule has 148 valence electrons. The SMILES string of the molecule is Nc1nc(OC2CCCC2)nc2c1ncn2[C@@]1(CO)O[C@H](CF)[C@@H](O)[C@H]1O. The fourth-order valence-corrected chi connectivity index (χ4v) is 3.79. The molecule has 2 aromatic rings. The van der Waals surface area contributed by atoms with Gasteiger partial charge in [-0.25, -0.2) is 9.37 Å². The van der Waals surface area contributed by atoms with Gasteiger partial charge in [-0.3, -0.25) is 4.57 Å². The highest BCUT2D eigenvalue weighted by molar-refractivity contribution is 5.82. The average molecular weight is 383 g/mol. The highest BCUT2D eigenvalue weighted by Gasteiger charge is 2.56. The zero-order valence-corrected chi connectivity index (χ0v) is 14.5. The Bertz CT molecular complexity index is 829. The van der Waals surface area contributed by atoms with Crippen molar-refractivity contribution in [3.05, 3.63) is 6.33 Å². The molecule has 0 aromatic carbocycles. The van der Waals surface area contributed by atoms with Crippen molar-refractivity contribution in [1.29, 1.82) is 0 Å². The van der Waals surface area contributed by atoms with E-state index >= 15 is 0 Å². The predicted molar refractivity (Wildman–Crippen MR) is 90.5 cm³/mol. The first-order chi connectivity index (χ1) is 13.0. The number of imidazole rings is 1. The number of halogens is 1. The molecule has 27 heavy (non-hydrogen) atoms. The van der Waals surface area contributed by atoms with Gasteiger partial charge in [0.2, 0.25) is 0 Å². The number of nitrogens with two attached hydrogens (primary N) is 1. The summed E-state index contributed by atoms with van der Waals surface area (Å²) in [6.07, 6.45) is 0.758. The summed E-state index contributed by atoms with van der Waals surface area (Å²) in [5.41, 5.74) is 4.48. The number of nitrogen functional groups attached to an aromatic ring is 1. The van der Waals surface area contributed by atoms with Gasteiger partial charge in [0.1, 0.15) is 31.1 Å². The van der Waals surface area contributed by atoms with E-state index in [1.165, 1.54) is 10.9 Å². The zero-order chi connectivity index (χ0) is 19.2. The van der Waals surface area contributed by atoms with Gasteiger partial charge in [-0.1, -0.05) is 0 Å². The summed E-state index contributed by atoms with van der Waals surface area (Å²) < 4.78 is 25.7. The van der Waals surface area contributed by atoms with Gasteiger partial charge in [-0.15, -0.1) is 0 Å². The van der Waals surface area contributed by atoms with Gasteiger partial charge in [0.15, 0.2) is 22.7 Å². The highest BCUT2D eigenvalue weighted by Crippen LogP contribution is 2.38. The van der Waals surface area contributed by atoms with Gasteiger partial charge in [0.05, 0.1) is 12.9 Å². The number of aliphatic hydroxyl groups excluding tert-OH is 3. The van der Waals surface area contributed by atoms with Crippen LogP contribution in [0, 0.1) is 0 Å². The summed E-state index contributed by atoms with van der Waals surface area (Å²) in [5.74, 6) is 0.0647. The molecule has 0 spiro atoms. The van der Waals surface area contributed by atoms with Crippen molar-refractivity contribution in [2.45, 2.75) is 55.8 Å². The van der Waals surface area contributed by atoms with Crippen LogP contribution in [0.25, 0.3) is 11.2 Å². The Kier molecular flexibility index (Phi) is 4.62. The van der Waals surface area contributed by atoms with E-state index in [2.05, 4.69) is 15.0 Å². The van der Waals surface area contributed by atoms with Crippen LogP contribution in [-0.2, 0) is 10.5 Å². The number of anilines is 1. The van der Waals surface area contributed by atoms with Gasteiger partial charge >= 0.3 is 6.01 Å². The van der Waals surface area contributed by atoms with Crippen LogP contribution in [0.2, 0.25) is 0 Å². The molecule has 4 atom stereocenters. The van der Waals surface area contributed by atoms with Crippen LogP contribution < -0.4 is 10.5 Å². The quantitative estimate of drug-likeness (QED) is 0.534. The van der Waals surface area contributed by atoms with Crippen LogP contribution in [0.15, 0.2) is 6.33 Å². The summed E-state index contributed by atoms with van der Waals surface area (Å²) in [6.45, 7) is -1.77. The lowest BCUT2D eigenvalue weighted by molar-refractivity contribution is -0.166. The summed E-state index contributed by atoms with van der Waals surface area (Å²) in [6, 6.07) is 0.0526. The lowest BCUT2D eigenvalue weighted by Crippen LogP contribution is -2.48. The number of rotatable bonds is 5. The standard InChI is InChI=1S/C16H22FN5O5/c17-5-9-11(24)12(25)16(6-23,27-9)22-7-19-10-13(18)20-15(21-14(10)22)26-8-3-1-2-4-8/h7-9,11-12,23-25H,1-6H2,(H2,18,20,21)/t9-,11-,12-,16+/m1/s1. The fraction of sp³-hybridized carbons (Fsp3) is 0.688. The Morgan fingerprint density at radius 1 is 1.33 bits per heavy atom. The summed E-state index contributed by atoms with van der Waals surface area (Å²) in [7, 11) is 0. The fourth-order valence-electron chi connectivity index (χ4n) is 3.79. The Labute approximate surface area is 153 Å². The molecule has 11 heteroatoms. The lowest BCUT2D eigenvalue weighted by Gasteiger charge is -2.31. The number of hydrogen-bond acceptors (Lipinski definition) is 9. The summed E-state index contributed by atoms with van der Waals surface area (Å²) in [5, 5.41) is 30.4. The largest absolute Gasteiger partial charge is 0.460 e. The van der Waals surface area contributed by atoms with Crippen molar-refractivity contribution in [3.8, 4) is 6.01 Å². The zero-order valence-electron chi connectivity index (χ0n) is 14.5. The minimum absolute atomic E-state index is 0.00363. The molecule has 0 unspecified atom stereocenters. The molecular formula is C16H22FN5O5. The maximum atomic E-state index is 13.1. The molecule has 0 amide bonds. The first-order valence-corrected chi connectivity index (χ1v) is 8.88. The molecule has 1 aliphatic carbocycles. The van der Waals surface area contributed by atoms with Crippen LogP contribution in [0.1, 0.15) is 25.7 Å². The third-order valence-electron chi connectivity index (χ3n) is 5.29. The molecule has 0 bridgehead atoms. The number of hydrogen-bond donors (Lipinski definition) is 4. The maximum absolute atomic E-state index is 13.1. The summed E-state index contributed by atoms with van der Waals surface area (Å²) >= 11 is 0. The van der Waals surface area contributed by atoms with Crippen molar-refractivity contribution < 1.29 is 29.2 Å². The molecule has 1 aliphatic heterocycles. The van der Waals surface area contributed by atoms with Crippen molar-refractivity contribution in [2.75, 3.05) is 19.0 Å². The number of alkyl halides is 1. The van der Waals surface area contributed by atoms with Crippen LogP contribution in [0.4, 0.5) is 10.2 Å². The van der Waals surface area contributed by atoms with Gasteiger partial charge in [-0.05, 0) is 25.7 Å². The van der Waals surface area contributed by atoms with Gasteiger partial charge in [-0.2, -0.15) is 9.97 Å². The van der Waals surface area contributed by atoms with Crippen molar-refractivity contribution in [1.82, 2.24) is 19.5 Å². The average Bonchev–Trinajstić information content (AvgIpc) is 3.37. The molecule has 1 saturated carbocycles. The number of fused-ring (bicyclic) bond motifs is 1.